The predicted molar refractivity (Wildman–Crippen MR) is 102 cm³/mol. The molecule has 0 unspecified atom stereocenters. The lowest BCUT2D eigenvalue weighted by Gasteiger charge is -2.20. The van der Waals surface area contributed by atoms with E-state index in [1.165, 1.54) is 22.3 Å². The normalized spacial score (nSPS) is 14.2. The first-order chi connectivity index (χ1) is 11.9. The molecule has 2 nitrogen and oxygen atoms in total. The lowest BCUT2D eigenvalue weighted by atomic mass is 9.91. The number of allylic oxidation sites excluding steroid dienone is 2. The van der Waals surface area contributed by atoms with Gasteiger partial charge in [0.2, 0.25) is 0 Å². The van der Waals surface area contributed by atoms with E-state index in [2.05, 4.69) is 48.5 Å². The van der Waals surface area contributed by atoms with Crippen LogP contribution in [-0.4, -0.2) is 11.6 Å². The fourth-order valence-electron chi connectivity index (χ4n) is 3.09. The van der Waals surface area contributed by atoms with Crippen LogP contribution in [-0.2, 0) is 9.53 Å². The Bertz CT molecular complexity index is 765. The van der Waals surface area contributed by atoms with Crippen molar-refractivity contribution in [2.24, 2.45) is 0 Å². The van der Waals surface area contributed by atoms with Gasteiger partial charge >= 0.3 is 5.97 Å². The highest BCUT2D eigenvalue weighted by molar-refractivity contribution is 5.92. The molecule has 1 aliphatic rings. The van der Waals surface area contributed by atoms with Gasteiger partial charge in [0, 0.05) is 12.0 Å². The Morgan fingerprint density at radius 3 is 1.88 bits per heavy atom. The molecule has 2 heteroatoms. The molecule has 25 heavy (non-hydrogen) atoms. The summed E-state index contributed by atoms with van der Waals surface area (Å²) in [5.74, 6) is -0.206. The molecular weight excluding hydrogens is 308 g/mol. The molecule has 1 aliphatic carbocycles. The predicted octanol–water partition coefficient (Wildman–Crippen LogP) is 5.55. The second kappa shape index (κ2) is 7.10. The molecule has 0 heterocycles. The third-order valence-electron chi connectivity index (χ3n) is 4.14. The summed E-state index contributed by atoms with van der Waals surface area (Å²) >= 11 is 0. The molecule has 0 aromatic heterocycles. The summed E-state index contributed by atoms with van der Waals surface area (Å²) in [6.45, 7) is 5.70. The van der Waals surface area contributed by atoms with E-state index in [1.54, 1.807) is 0 Å². The first-order valence-electron chi connectivity index (χ1n) is 8.69. The number of hydrogen-bond acceptors (Lipinski definition) is 2. The van der Waals surface area contributed by atoms with Crippen LogP contribution >= 0.6 is 0 Å². The van der Waals surface area contributed by atoms with Crippen LogP contribution in [0.15, 0.2) is 77.9 Å². The van der Waals surface area contributed by atoms with Gasteiger partial charge in [-0.1, -0.05) is 72.3 Å². The molecule has 2 aromatic rings. The standard InChI is InChI=1S/C23H24O2/c1-23(2,3)25-22(24)20-15-14-19(16-20)21(17-10-6-4-7-11-17)18-12-8-5-9-13-18/h4-13,15H,14,16H2,1-3H3. The van der Waals surface area contributed by atoms with Crippen molar-refractivity contribution in [2.75, 3.05) is 0 Å². The van der Waals surface area contributed by atoms with Crippen molar-refractivity contribution in [3.05, 3.63) is 89.0 Å². The van der Waals surface area contributed by atoms with Crippen LogP contribution in [0.2, 0.25) is 0 Å². The highest BCUT2D eigenvalue weighted by Gasteiger charge is 2.25. The quantitative estimate of drug-likeness (QED) is 0.689. The third-order valence-corrected chi connectivity index (χ3v) is 4.14. The second-order valence-electron chi connectivity index (χ2n) is 7.32. The van der Waals surface area contributed by atoms with Gasteiger partial charge in [0.05, 0.1) is 0 Å². The maximum Gasteiger partial charge on any atom is 0.334 e. The molecule has 0 spiro atoms. The summed E-state index contributed by atoms with van der Waals surface area (Å²) in [5, 5.41) is 0. The molecule has 128 valence electrons. The first-order valence-corrected chi connectivity index (χ1v) is 8.69. The molecule has 0 saturated carbocycles. The zero-order chi connectivity index (χ0) is 17.9. The highest BCUT2D eigenvalue weighted by atomic mass is 16.6. The van der Waals surface area contributed by atoms with Crippen LogP contribution in [0.25, 0.3) is 5.57 Å². The Balaban J connectivity index is 1.94. The van der Waals surface area contributed by atoms with E-state index in [0.29, 0.717) is 6.42 Å². The molecular formula is C23H24O2. The number of ether oxygens (including phenoxy) is 1. The number of esters is 1. The zero-order valence-corrected chi connectivity index (χ0v) is 15.1. The third kappa shape index (κ3) is 4.27. The molecule has 0 N–H and O–H groups in total. The summed E-state index contributed by atoms with van der Waals surface area (Å²) in [6.07, 6.45) is 3.44. The van der Waals surface area contributed by atoms with Crippen molar-refractivity contribution in [3.8, 4) is 0 Å². The van der Waals surface area contributed by atoms with E-state index in [1.807, 2.05) is 39.0 Å². The minimum absolute atomic E-state index is 0.206. The maximum absolute atomic E-state index is 12.4. The van der Waals surface area contributed by atoms with Gasteiger partial charge in [-0.25, -0.2) is 4.79 Å². The minimum atomic E-state index is -0.466. The van der Waals surface area contributed by atoms with Crippen LogP contribution in [0, 0.1) is 0 Å². The van der Waals surface area contributed by atoms with Crippen LogP contribution in [0.1, 0.15) is 44.7 Å². The average molecular weight is 332 g/mol. The van der Waals surface area contributed by atoms with Crippen molar-refractivity contribution in [3.63, 3.8) is 0 Å². The van der Waals surface area contributed by atoms with E-state index in [4.69, 9.17) is 4.74 Å². The van der Waals surface area contributed by atoms with Crippen LogP contribution in [0.3, 0.4) is 0 Å². The number of rotatable bonds is 3. The van der Waals surface area contributed by atoms with Gasteiger partial charge in [-0.15, -0.1) is 0 Å². The Morgan fingerprint density at radius 2 is 1.40 bits per heavy atom. The van der Waals surface area contributed by atoms with Gasteiger partial charge in [-0.3, -0.25) is 0 Å². The molecule has 3 rings (SSSR count). The topological polar surface area (TPSA) is 26.3 Å². The molecule has 2 aromatic carbocycles. The minimum Gasteiger partial charge on any atom is -0.457 e. The number of carbonyl (C=O) groups excluding carboxylic acids is 1. The summed E-state index contributed by atoms with van der Waals surface area (Å²) in [6, 6.07) is 20.8. The van der Waals surface area contributed by atoms with Crippen LogP contribution < -0.4 is 0 Å². The van der Waals surface area contributed by atoms with Crippen molar-refractivity contribution in [1.29, 1.82) is 0 Å². The maximum atomic E-state index is 12.4. The molecule has 0 bridgehead atoms. The molecule has 0 aliphatic heterocycles. The molecule has 0 atom stereocenters. The van der Waals surface area contributed by atoms with E-state index < -0.39 is 5.60 Å². The number of carbonyl (C=O) groups is 1. The van der Waals surface area contributed by atoms with Gasteiger partial charge < -0.3 is 4.74 Å². The summed E-state index contributed by atoms with van der Waals surface area (Å²) in [4.78, 5) is 12.4. The van der Waals surface area contributed by atoms with Crippen molar-refractivity contribution in [2.45, 2.75) is 39.2 Å². The number of benzene rings is 2. The van der Waals surface area contributed by atoms with Gasteiger partial charge in [0.1, 0.15) is 5.60 Å². The van der Waals surface area contributed by atoms with Crippen LogP contribution in [0.4, 0.5) is 0 Å². The van der Waals surface area contributed by atoms with Gasteiger partial charge in [0.25, 0.3) is 0 Å². The fourth-order valence-corrected chi connectivity index (χ4v) is 3.09. The Hall–Kier alpha value is -2.61. The van der Waals surface area contributed by atoms with E-state index in [9.17, 15) is 4.79 Å². The Labute approximate surface area is 149 Å². The summed E-state index contributed by atoms with van der Waals surface area (Å²) in [5.41, 5.74) is 5.14. The summed E-state index contributed by atoms with van der Waals surface area (Å²) < 4.78 is 5.53. The largest absolute Gasteiger partial charge is 0.457 e. The van der Waals surface area contributed by atoms with E-state index >= 15 is 0 Å². The second-order valence-corrected chi connectivity index (χ2v) is 7.32. The molecule has 0 saturated heterocycles. The van der Waals surface area contributed by atoms with Crippen molar-refractivity contribution in [1.82, 2.24) is 0 Å². The monoisotopic (exact) mass is 332 g/mol. The Kier molecular flexibility index (Phi) is 4.89. The lowest BCUT2D eigenvalue weighted by Crippen LogP contribution is -2.24. The molecule has 0 fully saturated rings. The first kappa shape index (κ1) is 17.2. The van der Waals surface area contributed by atoms with Gasteiger partial charge in [-0.05, 0) is 43.9 Å². The van der Waals surface area contributed by atoms with E-state index in [0.717, 1.165) is 12.0 Å². The van der Waals surface area contributed by atoms with Gasteiger partial charge in [-0.2, -0.15) is 0 Å². The SMILES string of the molecule is CC(C)(C)OC(=O)C1=CCC(=C(c2ccccc2)c2ccccc2)C1. The Morgan fingerprint density at radius 1 is 0.880 bits per heavy atom. The van der Waals surface area contributed by atoms with Gasteiger partial charge in [0.15, 0.2) is 0 Å². The summed E-state index contributed by atoms with van der Waals surface area (Å²) in [7, 11) is 0. The molecule has 0 amide bonds. The van der Waals surface area contributed by atoms with E-state index in [-0.39, 0.29) is 5.97 Å². The average Bonchev–Trinajstić information content (AvgIpc) is 3.05. The fraction of sp³-hybridized carbons (Fsp3) is 0.261. The molecule has 0 radical (unpaired) electrons. The highest BCUT2D eigenvalue weighted by Crippen LogP contribution is 2.36. The zero-order valence-electron chi connectivity index (χ0n) is 15.1. The van der Waals surface area contributed by atoms with Crippen LogP contribution in [0.5, 0.6) is 0 Å². The smallest absolute Gasteiger partial charge is 0.334 e. The van der Waals surface area contributed by atoms with Crippen molar-refractivity contribution >= 4 is 11.5 Å². The number of hydrogen-bond donors (Lipinski definition) is 0. The lowest BCUT2D eigenvalue weighted by molar-refractivity contribution is -0.149. The van der Waals surface area contributed by atoms with Crippen molar-refractivity contribution < 1.29 is 9.53 Å².